The van der Waals surface area contributed by atoms with Crippen molar-refractivity contribution in [2.24, 2.45) is 0 Å². The van der Waals surface area contributed by atoms with Crippen LogP contribution >= 0.6 is 0 Å². The molecule has 1 saturated heterocycles. The van der Waals surface area contributed by atoms with Gasteiger partial charge in [-0.05, 0) is 12.1 Å². The minimum Gasteiger partial charge on any atom is -0.359 e. The molecule has 0 spiro atoms. The molecule has 0 aromatic heterocycles. The number of anilines is 1. The van der Waals surface area contributed by atoms with Gasteiger partial charge in [0.25, 0.3) is 0 Å². The van der Waals surface area contributed by atoms with Crippen molar-refractivity contribution in [1.29, 1.82) is 0 Å². The summed E-state index contributed by atoms with van der Waals surface area (Å²) < 4.78 is 26.6. The fourth-order valence-electron chi connectivity index (χ4n) is 2.01. The number of nitrogens with zero attached hydrogens (tertiary/aromatic N) is 2. The summed E-state index contributed by atoms with van der Waals surface area (Å²) in [5.41, 5.74) is 0.309. The maximum atomic E-state index is 13.5. The van der Waals surface area contributed by atoms with Gasteiger partial charge >= 0.3 is 0 Å². The standard InChI is InChI=1S/C12H17F2N3/c1-16(9-17-6-4-15-5-7-17)12-8-10(13)2-3-11(12)14/h2-3,8,15H,4-7,9H2,1H3. The fourth-order valence-corrected chi connectivity index (χ4v) is 2.01. The van der Waals surface area contributed by atoms with Gasteiger partial charge in [0, 0.05) is 39.3 Å². The lowest BCUT2D eigenvalue weighted by atomic mass is 10.2. The molecule has 1 aromatic carbocycles. The Hall–Kier alpha value is -1.20. The van der Waals surface area contributed by atoms with Gasteiger partial charge in [-0.2, -0.15) is 0 Å². The zero-order valence-corrected chi connectivity index (χ0v) is 9.92. The van der Waals surface area contributed by atoms with Gasteiger partial charge in [0.2, 0.25) is 0 Å². The first-order chi connectivity index (χ1) is 8.16. The number of hydrogen-bond acceptors (Lipinski definition) is 3. The van der Waals surface area contributed by atoms with E-state index in [1.807, 2.05) is 0 Å². The molecule has 1 fully saturated rings. The van der Waals surface area contributed by atoms with Crippen LogP contribution in [-0.4, -0.2) is 44.8 Å². The Labute approximate surface area is 100 Å². The van der Waals surface area contributed by atoms with Gasteiger partial charge in [-0.1, -0.05) is 0 Å². The summed E-state index contributed by atoms with van der Waals surface area (Å²) in [5, 5.41) is 3.25. The molecule has 1 N–H and O–H groups in total. The second kappa shape index (κ2) is 5.42. The molecule has 1 aliphatic rings. The SMILES string of the molecule is CN(CN1CCNCC1)c1cc(F)ccc1F. The van der Waals surface area contributed by atoms with Gasteiger partial charge in [0.15, 0.2) is 0 Å². The zero-order valence-electron chi connectivity index (χ0n) is 9.92. The molecule has 94 valence electrons. The minimum absolute atomic E-state index is 0.309. The van der Waals surface area contributed by atoms with Crippen LogP contribution in [0.3, 0.4) is 0 Å². The van der Waals surface area contributed by atoms with Gasteiger partial charge in [-0.3, -0.25) is 4.90 Å². The highest BCUT2D eigenvalue weighted by atomic mass is 19.1. The second-order valence-corrected chi connectivity index (χ2v) is 4.30. The average molecular weight is 241 g/mol. The smallest absolute Gasteiger partial charge is 0.146 e. The highest BCUT2D eigenvalue weighted by Gasteiger charge is 2.14. The molecule has 0 aliphatic carbocycles. The number of halogens is 2. The highest BCUT2D eigenvalue weighted by molar-refractivity contribution is 5.47. The van der Waals surface area contributed by atoms with Crippen molar-refractivity contribution in [3.8, 4) is 0 Å². The minimum atomic E-state index is -0.409. The van der Waals surface area contributed by atoms with Crippen LogP contribution in [-0.2, 0) is 0 Å². The number of piperazine rings is 1. The first-order valence-electron chi connectivity index (χ1n) is 5.76. The Morgan fingerprint density at radius 3 is 2.71 bits per heavy atom. The van der Waals surface area contributed by atoms with E-state index >= 15 is 0 Å². The van der Waals surface area contributed by atoms with Crippen LogP contribution in [0.15, 0.2) is 18.2 Å². The van der Waals surface area contributed by atoms with Crippen LogP contribution in [0.5, 0.6) is 0 Å². The van der Waals surface area contributed by atoms with E-state index in [2.05, 4.69) is 10.2 Å². The van der Waals surface area contributed by atoms with E-state index in [0.717, 1.165) is 32.2 Å². The lowest BCUT2D eigenvalue weighted by Gasteiger charge is -2.32. The number of benzene rings is 1. The molecule has 1 aliphatic heterocycles. The number of hydrogen-bond donors (Lipinski definition) is 1. The summed E-state index contributed by atoms with van der Waals surface area (Å²) in [6.07, 6.45) is 0. The molecule has 1 heterocycles. The van der Waals surface area contributed by atoms with Gasteiger partial charge < -0.3 is 10.2 Å². The van der Waals surface area contributed by atoms with Gasteiger partial charge in [-0.25, -0.2) is 8.78 Å². The normalized spacial score (nSPS) is 17.1. The molecular weight excluding hydrogens is 224 g/mol. The van der Waals surface area contributed by atoms with E-state index in [1.165, 1.54) is 12.1 Å². The number of nitrogens with one attached hydrogen (secondary N) is 1. The molecule has 0 radical (unpaired) electrons. The zero-order chi connectivity index (χ0) is 12.3. The molecule has 0 saturated carbocycles. The van der Waals surface area contributed by atoms with Crippen molar-refractivity contribution in [3.05, 3.63) is 29.8 Å². The van der Waals surface area contributed by atoms with Gasteiger partial charge in [0.1, 0.15) is 11.6 Å². The monoisotopic (exact) mass is 241 g/mol. The quantitative estimate of drug-likeness (QED) is 0.859. The Bertz CT molecular complexity index is 378. The van der Waals surface area contributed by atoms with Crippen LogP contribution in [0.4, 0.5) is 14.5 Å². The Morgan fingerprint density at radius 1 is 1.29 bits per heavy atom. The Kier molecular flexibility index (Phi) is 3.91. The first-order valence-corrected chi connectivity index (χ1v) is 5.76. The van der Waals surface area contributed by atoms with Crippen molar-refractivity contribution < 1.29 is 8.78 Å². The molecule has 0 amide bonds. The third-order valence-corrected chi connectivity index (χ3v) is 2.94. The van der Waals surface area contributed by atoms with E-state index in [9.17, 15) is 8.78 Å². The third-order valence-electron chi connectivity index (χ3n) is 2.94. The molecule has 3 nitrogen and oxygen atoms in total. The van der Waals surface area contributed by atoms with E-state index in [0.29, 0.717) is 12.4 Å². The maximum Gasteiger partial charge on any atom is 0.146 e. The Balaban J connectivity index is 2.02. The summed E-state index contributed by atoms with van der Waals surface area (Å²) in [6.45, 7) is 4.36. The molecular formula is C12H17F2N3. The highest BCUT2D eigenvalue weighted by Crippen LogP contribution is 2.19. The van der Waals surface area contributed by atoms with Crippen molar-refractivity contribution in [1.82, 2.24) is 10.2 Å². The lowest BCUT2D eigenvalue weighted by molar-refractivity contribution is 0.243. The topological polar surface area (TPSA) is 18.5 Å². The largest absolute Gasteiger partial charge is 0.359 e. The van der Waals surface area contributed by atoms with Gasteiger partial charge in [0.05, 0.1) is 12.4 Å². The van der Waals surface area contributed by atoms with E-state index in [4.69, 9.17) is 0 Å². The van der Waals surface area contributed by atoms with Crippen LogP contribution in [0.1, 0.15) is 0 Å². The van der Waals surface area contributed by atoms with Crippen LogP contribution in [0.2, 0.25) is 0 Å². The summed E-state index contributed by atoms with van der Waals surface area (Å²) in [6, 6.07) is 3.54. The molecule has 0 unspecified atom stereocenters. The predicted octanol–water partition coefficient (Wildman–Crippen LogP) is 1.26. The first kappa shape index (κ1) is 12.3. The van der Waals surface area contributed by atoms with Crippen LogP contribution in [0, 0.1) is 11.6 Å². The van der Waals surface area contributed by atoms with Gasteiger partial charge in [-0.15, -0.1) is 0 Å². The Morgan fingerprint density at radius 2 is 2.00 bits per heavy atom. The summed E-state index contributed by atoms with van der Waals surface area (Å²) in [7, 11) is 1.78. The second-order valence-electron chi connectivity index (χ2n) is 4.30. The maximum absolute atomic E-state index is 13.5. The van der Waals surface area contributed by atoms with Crippen molar-refractivity contribution >= 4 is 5.69 Å². The van der Waals surface area contributed by atoms with E-state index < -0.39 is 5.82 Å². The average Bonchev–Trinajstić information content (AvgIpc) is 2.33. The van der Waals surface area contributed by atoms with E-state index in [-0.39, 0.29) is 5.82 Å². The van der Waals surface area contributed by atoms with Crippen LogP contribution < -0.4 is 10.2 Å². The lowest BCUT2D eigenvalue weighted by Crippen LogP contribution is -2.47. The van der Waals surface area contributed by atoms with Crippen molar-refractivity contribution in [2.75, 3.05) is 44.8 Å². The number of rotatable bonds is 3. The molecule has 17 heavy (non-hydrogen) atoms. The fraction of sp³-hybridized carbons (Fsp3) is 0.500. The van der Waals surface area contributed by atoms with Crippen molar-refractivity contribution in [2.45, 2.75) is 0 Å². The molecule has 1 aromatic rings. The van der Waals surface area contributed by atoms with E-state index in [1.54, 1.807) is 11.9 Å². The molecule has 5 heteroatoms. The molecule has 0 atom stereocenters. The van der Waals surface area contributed by atoms with Crippen molar-refractivity contribution in [3.63, 3.8) is 0 Å². The summed E-state index contributed by atoms with van der Waals surface area (Å²) in [5.74, 6) is -0.794. The molecule has 0 bridgehead atoms. The molecule has 2 rings (SSSR count). The third kappa shape index (κ3) is 3.14. The van der Waals surface area contributed by atoms with Crippen LogP contribution in [0.25, 0.3) is 0 Å². The predicted molar refractivity (Wildman–Crippen MR) is 64.1 cm³/mol. The summed E-state index contributed by atoms with van der Waals surface area (Å²) in [4.78, 5) is 3.95. The summed E-state index contributed by atoms with van der Waals surface area (Å²) >= 11 is 0.